The van der Waals surface area contributed by atoms with Crippen molar-refractivity contribution in [3.63, 3.8) is 0 Å². The fraction of sp³-hybridized carbons (Fsp3) is 0.875. The molecule has 0 aromatic rings. The van der Waals surface area contributed by atoms with Gasteiger partial charge in [0.2, 0.25) is 0 Å². The number of aliphatic carboxylic acids is 1. The molecule has 21 heavy (non-hydrogen) atoms. The molecule has 0 spiro atoms. The van der Waals surface area contributed by atoms with Crippen LogP contribution in [0.5, 0.6) is 0 Å². The van der Waals surface area contributed by atoms with Gasteiger partial charge in [0.25, 0.3) is 0 Å². The Morgan fingerprint density at radius 2 is 2.00 bits per heavy atom. The summed E-state index contributed by atoms with van der Waals surface area (Å²) in [4.78, 5) is 23.1. The third kappa shape index (κ3) is 6.82. The number of carboxylic acids is 1. The first-order valence-electron chi connectivity index (χ1n) is 8.19. The van der Waals surface area contributed by atoms with Crippen LogP contribution in [0.1, 0.15) is 59.3 Å². The van der Waals surface area contributed by atoms with E-state index in [9.17, 15) is 9.59 Å². The minimum atomic E-state index is -0.840. The summed E-state index contributed by atoms with van der Waals surface area (Å²) < 4.78 is 0. The largest absolute Gasteiger partial charge is 0.481 e. The lowest BCUT2D eigenvalue weighted by Crippen LogP contribution is -2.46. The topological polar surface area (TPSA) is 78.4 Å². The first kappa shape index (κ1) is 17.8. The van der Waals surface area contributed by atoms with E-state index in [-0.39, 0.29) is 18.6 Å². The van der Waals surface area contributed by atoms with Crippen molar-refractivity contribution in [1.29, 1.82) is 0 Å². The molecule has 3 atom stereocenters. The molecular formula is C16H30N2O3. The summed E-state index contributed by atoms with van der Waals surface area (Å²) >= 11 is 0. The van der Waals surface area contributed by atoms with E-state index in [0.29, 0.717) is 18.3 Å². The van der Waals surface area contributed by atoms with Crippen LogP contribution in [-0.2, 0) is 4.79 Å². The van der Waals surface area contributed by atoms with Crippen LogP contribution in [0.15, 0.2) is 0 Å². The molecule has 1 aliphatic rings. The molecule has 0 aliphatic heterocycles. The minimum absolute atomic E-state index is 0.198. The van der Waals surface area contributed by atoms with E-state index in [1.54, 1.807) is 0 Å². The van der Waals surface area contributed by atoms with Gasteiger partial charge in [0.1, 0.15) is 0 Å². The highest BCUT2D eigenvalue weighted by molar-refractivity contribution is 5.76. The van der Waals surface area contributed by atoms with Crippen molar-refractivity contribution in [1.82, 2.24) is 10.6 Å². The maximum atomic E-state index is 11.9. The molecule has 0 aromatic heterocycles. The Bertz CT molecular complexity index is 344. The second kappa shape index (κ2) is 8.90. The lowest BCUT2D eigenvalue weighted by atomic mass is 9.84. The molecule has 2 amide bonds. The highest BCUT2D eigenvalue weighted by Crippen LogP contribution is 2.26. The summed E-state index contributed by atoms with van der Waals surface area (Å²) in [6, 6.07) is 0.00355. The number of rotatable bonds is 7. The lowest BCUT2D eigenvalue weighted by molar-refractivity contribution is -0.142. The minimum Gasteiger partial charge on any atom is -0.481 e. The van der Waals surface area contributed by atoms with Crippen LogP contribution in [0.4, 0.5) is 4.79 Å². The number of carbonyl (C=O) groups excluding carboxylic acids is 1. The Morgan fingerprint density at radius 3 is 2.57 bits per heavy atom. The predicted molar refractivity (Wildman–Crippen MR) is 83.2 cm³/mol. The van der Waals surface area contributed by atoms with E-state index in [2.05, 4.69) is 17.6 Å². The Kier molecular flexibility index (Phi) is 7.54. The highest BCUT2D eigenvalue weighted by Gasteiger charge is 2.23. The first-order valence-corrected chi connectivity index (χ1v) is 8.19. The van der Waals surface area contributed by atoms with Gasteiger partial charge in [0.15, 0.2) is 0 Å². The third-order valence-electron chi connectivity index (χ3n) is 4.31. The summed E-state index contributed by atoms with van der Waals surface area (Å²) in [5, 5.41) is 14.9. The molecule has 5 nitrogen and oxygen atoms in total. The van der Waals surface area contributed by atoms with E-state index in [4.69, 9.17) is 5.11 Å². The van der Waals surface area contributed by atoms with Gasteiger partial charge in [-0.1, -0.05) is 40.0 Å². The SMILES string of the molecule is CCC1CCCC(NC(=O)NCC(CC(C)C)C(=O)O)C1. The Labute approximate surface area is 127 Å². The molecule has 3 unspecified atom stereocenters. The normalized spacial score (nSPS) is 23.6. The quantitative estimate of drug-likeness (QED) is 0.676. The van der Waals surface area contributed by atoms with E-state index >= 15 is 0 Å². The zero-order valence-electron chi connectivity index (χ0n) is 13.5. The van der Waals surface area contributed by atoms with E-state index in [1.807, 2.05) is 13.8 Å². The summed E-state index contributed by atoms with van der Waals surface area (Å²) in [7, 11) is 0. The maximum Gasteiger partial charge on any atom is 0.315 e. The lowest BCUT2D eigenvalue weighted by Gasteiger charge is -2.29. The number of carbonyl (C=O) groups is 2. The molecule has 3 N–H and O–H groups in total. The molecule has 1 aliphatic carbocycles. The van der Waals surface area contributed by atoms with E-state index in [0.717, 1.165) is 25.7 Å². The van der Waals surface area contributed by atoms with Gasteiger partial charge in [-0.05, 0) is 31.1 Å². The number of hydrogen-bond acceptors (Lipinski definition) is 2. The molecular weight excluding hydrogens is 268 g/mol. The number of nitrogens with one attached hydrogen (secondary N) is 2. The monoisotopic (exact) mass is 298 g/mol. The van der Waals surface area contributed by atoms with Gasteiger partial charge in [-0.2, -0.15) is 0 Å². The molecule has 1 rings (SSSR count). The van der Waals surface area contributed by atoms with Crippen molar-refractivity contribution in [2.45, 2.75) is 65.3 Å². The van der Waals surface area contributed by atoms with Crippen LogP contribution in [0.2, 0.25) is 0 Å². The predicted octanol–water partition coefficient (Wildman–Crippen LogP) is 3.00. The summed E-state index contributed by atoms with van der Waals surface area (Å²) in [5.74, 6) is -0.338. The summed E-state index contributed by atoms with van der Waals surface area (Å²) in [5.41, 5.74) is 0. The Balaban J connectivity index is 2.33. The summed E-state index contributed by atoms with van der Waals surface area (Å²) in [6.45, 7) is 6.37. The van der Waals surface area contributed by atoms with Crippen molar-refractivity contribution in [3.8, 4) is 0 Å². The average Bonchev–Trinajstić information content (AvgIpc) is 2.43. The number of carboxylic acid groups (broad SMARTS) is 1. The molecule has 0 radical (unpaired) electrons. The second-order valence-corrected chi connectivity index (χ2v) is 6.66. The van der Waals surface area contributed by atoms with E-state index in [1.165, 1.54) is 6.42 Å². The van der Waals surface area contributed by atoms with E-state index < -0.39 is 11.9 Å². The number of hydrogen-bond donors (Lipinski definition) is 3. The van der Waals surface area contributed by atoms with Crippen LogP contribution in [0.25, 0.3) is 0 Å². The zero-order valence-corrected chi connectivity index (χ0v) is 13.5. The number of amides is 2. The van der Waals surface area contributed by atoms with Crippen LogP contribution in [0.3, 0.4) is 0 Å². The zero-order chi connectivity index (χ0) is 15.8. The van der Waals surface area contributed by atoms with Gasteiger partial charge in [-0.3, -0.25) is 4.79 Å². The fourth-order valence-corrected chi connectivity index (χ4v) is 3.09. The molecule has 0 heterocycles. The van der Waals surface area contributed by atoms with Gasteiger partial charge in [-0.25, -0.2) is 4.79 Å². The summed E-state index contributed by atoms with van der Waals surface area (Å²) in [6.07, 6.45) is 6.23. The smallest absolute Gasteiger partial charge is 0.315 e. The third-order valence-corrected chi connectivity index (χ3v) is 4.31. The van der Waals surface area contributed by atoms with Crippen LogP contribution < -0.4 is 10.6 Å². The molecule has 5 heteroatoms. The van der Waals surface area contributed by atoms with Gasteiger partial charge in [0.05, 0.1) is 5.92 Å². The molecule has 122 valence electrons. The van der Waals surface area contributed by atoms with Gasteiger partial charge < -0.3 is 15.7 Å². The fourth-order valence-electron chi connectivity index (χ4n) is 3.09. The Morgan fingerprint density at radius 1 is 1.29 bits per heavy atom. The molecule has 0 saturated heterocycles. The van der Waals surface area contributed by atoms with Crippen molar-refractivity contribution < 1.29 is 14.7 Å². The molecule has 1 fully saturated rings. The van der Waals surface area contributed by atoms with Crippen molar-refractivity contribution in [3.05, 3.63) is 0 Å². The van der Waals surface area contributed by atoms with Gasteiger partial charge in [-0.15, -0.1) is 0 Å². The van der Waals surface area contributed by atoms with Gasteiger partial charge >= 0.3 is 12.0 Å². The average molecular weight is 298 g/mol. The maximum absolute atomic E-state index is 11.9. The van der Waals surface area contributed by atoms with Crippen LogP contribution >= 0.6 is 0 Å². The van der Waals surface area contributed by atoms with Crippen molar-refractivity contribution in [2.75, 3.05) is 6.54 Å². The number of urea groups is 1. The molecule has 0 bridgehead atoms. The van der Waals surface area contributed by atoms with Gasteiger partial charge in [0, 0.05) is 12.6 Å². The second-order valence-electron chi connectivity index (χ2n) is 6.66. The van der Waals surface area contributed by atoms with Crippen LogP contribution in [0, 0.1) is 17.8 Å². The first-order chi connectivity index (χ1) is 9.92. The molecule has 1 saturated carbocycles. The van der Waals surface area contributed by atoms with Crippen LogP contribution in [-0.4, -0.2) is 29.7 Å². The highest BCUT2D eigenvalue weighted by atomic mass is 16.4. The molecule has 0 aromatic carbocycles. The standard InChI is InChI=1S/C16H30N2O3/c1-4-12-6-5-7-14(9-12)18-16(21)17-10-13(15(19)20)8-11(2)3/h11-14H,4-10H2,1-3H3,(H,19,20)(H2,17,18,21). The van der Waals surface area contributed by atoms with Crippen molar-refractivity contribution >= 4 is 12.0 Å². The van der Waals surface area contributed by atoms with Crippen molar-refractivity contribution in [2.24, 2.45) is 17.8 Å². The Hall–Kier alpha value is -1.26.